The van der Waals surface area contributed by atoms with Gasteiger partial charge in [-0.15, -0.1) is 11.6 Å². The number of carbonyl (C=O) groups is 1. The predicted molar refractivity (Wildman–Crippen MR) is 160 cm³/mol. The van der Waals surface area contributed by atoms with E-state index in [0.717, 1.165) is 25.9 Å². The molecule has 2 N–H and O–H groups in total. The van der Waals surface area contributed by atoms with E-state index in [-0.39, 0.29) is 5.75 Å². The van der Waals surface area contributed by atoms with Gasteiger partial charge in [0.05, 0.1) is 24.9 Å². The highest BCUT2D eigenvalue weighted by molar-refractivity contribution is 7.52. The summed E-state index contributed by atoms with van der Waals surface area (Å²) in [4.78, 5) is 28.1. The molecule has 0 spiro atoms. The van der Waals surface area contributed by atoms with Gasteiger partial charge in [-0.1, -0.05) is 18.2 Å². The van der Waals surface area contributed by atoms with Crippen LogP contribution in [0.2, 0.25) is 0 Å². The van der Waals surface area contributed by atoms with Crippen LogP contribution in [0.3, 0.4) is 0 Å². The third-order valence-corrected chi connectivity index (χ3v) is 9.47. The molecule has 1 aromatic carbocycles. The van der Waals surface area contributed by atoms with Crippen LogP contribution in [0, 0.1) is 6.92 Å². The molecule has 16 heteroatoms. The number of esters is 1. The van der Waals surface area contributed by atoms with Crippen molar-refractivity contribution in [3.8, 4) is 5.75 Å². The SMILES string of the molecule is Cc1nc(N2CCCC2)c2ncn([C@@H]3O[C@](CCl)(CO[P@@](=O)(N[C@@H](C)C(=O)OC(C)C)Oc4ccccc4)[C@@H](O)[C@H]3F)c2n1. The average molecular weight is 655 g/mol. The molecule has 0 amide bonds. The van der Waals surface area contributed by atoms with Crippen molar-refractivity contribution in [1.29, 1.82) is 0 Å². The Bertz CT molecular complexity index is 1510. The minimum absolute atomic E-state index is 0.176. The molecule has 0 bridgehead atoms. The van der Waals surface area contributed by atoms with Crippen molar-refractivity contribution >= 4 is 42.3 Å². The van der Waals surface area contributed by atoms with Gasteiger partial charge in [-0.3, -0.25) is 13.9 Å². The Labute approximate surface area is 259 Å². The van der Waals surface area contributed by atoms with Crippen molar-refractivity contribution in [2.24, 2.45) is 0 Å². The van der Waals surface area contributed by atoms with Crippen LogP contribution >= 0.6 is 19.3 Å². The Morgan fingerprint density at radius 2 is 1.95 bits per heavy atom. The maximum absolute atomic E-state index is 15.9. The Kier molecular flexibility index (Phi) is 9.78. The van der Waals surface area contributed by atoms with Gasteiger partial charge in [0.15, 0.2) is 29.4 Å². The zero-order valence-corrected chi connectivity index (χ0v) is 26.6. The minimum Gasteiger partial charge on any atom is -0.462 e. The van der Waals surface area contributed by atoms with Crippen LogP contribution in [0.5, 0.6) is 5.75 Å². The number of alkyl halides is 2. The number of ether oxygens (including phenoxy) is 2. The number of imidazole rings is 1. The normalized spacial score (nSPS) is 25.8. The molecule has 5 rings (SSSR count). The molecule has 44 heavy (non-hydrogen) atoms. The zero-order valence-electron chi connectivity index (χ0n) is 24.9. The maximum Gasteiger partial charge on any atom is 0.459 e. The first-order valence-electron chi connectivity index (χ1n) is 14.4. The molecule has 13 nitrogen and oxygen atoms in total. The van der Waals surface area contributed by atoms with Crippen LogP contribution in [0.1, 0.15) is 45.7 Å². The van der Waals surface area contributed by atoms with Gasteiger partial charge in [0.25, 0.3) is 0 Å². The molecule has 2 saturated heterocycles. The van der Waals surface area contributed by atoms with Crippen LogP contribution in [0.15, 0.2) is 36.7 Å². The lowest BCUT2D eigenvalue weighted by atomic mass is 9.99. The van der Waals surface area contributed by atoms with E-state index >= 15 is 4.39 Å². The summed E-state index contributed by atoms with van der Waals surface area (Å²) in [6, 6.07) is 7.04. The zero-order chi connectivity index (χ0) is 31.6. The van der Waals surface area contributed by atoms with E-state index in [9.17, 15) is 14.5 Å². The highest BCUT2D eigenvalue weighted by atomic mass is 35.5. The lowest BCUT2D eigenvalue weighted by Crippen LogP contribution is -2.48. The number of hydrogen-bond donors (Lipinski definition) is 2. The number of aliphatic hydroxyl groups is 1. The lowest BCUT2D eigenvalue weighted by molar-refractivity contribution is -0.149. The minimum atomic E-state index is -4.36. The smallest absolute Gasteiger partial charge is 0.459 e. The van der Waals surface area contributed by atoms with E-state index in [4.69, 9.17) is 30.1 Å². The number of anilines is 1. The fourth-order valence-corrected chi connectivity index (χ4v) is 7.02. The number of para-hydroxylation sites is 1. The molecule has 6 atom stereocenters. The van der Waals surface area contributed by atoms with Crippen molar-refractivity contribution in [3.05, 3.63) is 42.5 Å². The second-order valence-electron chi connectivity index (χ2n) is 11.2. The van der Waals surface area contributed by atoms with Gasteiger partial charge in [0.2, 0.25) is 0 Å². The third kappa shape index (κ3) is 6.70. The van der Waals surface area contributed by atoms with Crippen LogP contribution in [-0.4, -0.2) is 86.2 Å². The molecule has 3 aromatic rings. The average Bonchev–Trinajstić information content (AvgIpc) is 3.72. The number of fused-ring (bicyclic) bond motifs is 1. The second-order valence-corrected chi connectivity index (χ2v) is 13.2. The van der Waals surface area contributed by atoms with Crippen molar-refractivity contribution in [2.45, 2.75) is 76.8 Å². The molecule has 2 aromatic heterocycles. The number of halogens is 2. The van der Waals surface area contributed by atoms with Crippen LogP contribution < -0.4 is 14.5 Å². The summed E-state index contributed by atoms with van der Waals surface area (Å²) in [5, 5.41) is 13.7. The Hall–Kier alpha value is -2.87. The Balaban J connectivity index is 1.41. The topological polar surface area (TPSA) is 150 Å². The predicted octanol–water partition coefficient (Wildman–Crippen LogP) is 4.07. The molecular weight excluding hydrogens is 618 g/mol. The van der Waals surface area contributed by atoms with Gasteiger partial charge >= 0.3 is 13.7 Å². The Morgan fingerprint density at radius 1 is 1.25 bits per heavy atom. The molecule has 0 radical (unpaired) electrons. The van der Waals surface area contributed by atoms with Crippen LogP contribution in [-0.2, 0) is 23.4 Å². The number of rotatable bonds is 12. The van der Waals surface area contributed by atoms with Crippen molar-refractivity contribution in [3.63, 3.8) is 0 Å². The van der Waals surface area contributed by atoms with E-state index in [1.165, 1.54) is 17.8 Å². The number of hydrogen-bond acceptors (Lipinski definition) is 11. The van der Waals surface area contributed by atoms with Crippen molar-refractivity contribution < 1.29 is 37.4 Å². The lowest BCUT2D eigenvalue weighted by Gasteiger charge is -2.31. The summed E-state index contributed by atoms with van der Waals surface area (Å²) >= 11 is 6.29. The number of aliphatic hydroxyl groups excluding tert-OH is 1. The first kappa shape index (κ1) is 32.5. The van der Waals surface area contributed by atoms with Gasteiger partial charge in [0, 0.05) is 13.1 Å². The van der Waals surface area contributed by atoms with Gasteiger partial charge < -0.3 is 24.0 Å². The summed E-state index contributed by atoms with van der Waals surface area (Å²) in [5.74, 6) is 0.180. The molecular formula is C28H37ClFN6O7P. The number of benzene rings is 1. The standard InChI is InChI=1S/C28H37ClFN6O7P/c1-17(2)41-27(38)18(3)34-44(39,43-20-10-6-5-7-11-20)40-15-28(14-29)23(37)21(30)26(42-28)36-16-31-22-24(35-12-8-9-13-35)32-19(4)33-25(22)36/h5-7,10-11,16-18,21,23,26,37H,8-9,12-15H2,1-4H3,(H,34,39)/t18-,21+,23-,26+,28+,44-/m0/s1. The first-order chi connectivity index (χ1) is 20.9. The number of aromatic nitrogens is 4. The molecule has 2 aliphatic rings. The summed E-state index contributed by atoms with van der Waals surface area (Å²) in [5.41, 5.74) is -1.04. The van der Waals surface area contributed by atoms with Crippen LogP contribution in [0.4, 0.5) is 10.2 Å². The number of nitrogens with one attached hydrogen (secondary N) is 1. The molecule has 4 heterocycles. The molecule has 0 unspecified atom stereocenters. The van der Waals surface area contributed by atoms with E-state index in [2.05, 4.69) is 24.9 Å². The van der Waals surface area contributed by atoms with Crippen molar-refractivity contribution in [2.75, 3.05) is 30.5 Å². The molecule has 0 saturated carbocycles. The molecule has 240 valence electrons. The summed E-state index contributed by atoms with van der Waals surface area (Å²) in [7, 11) is -4.36. The van der Waals surface area contributed by atoms with Gasteiger partial charge in [-0.25, -0.2) is 23.9 Å². The summed E-state index contributed by atoms with van der Waals surface area (Å²) in [6.45, 7) is 7.52. The van der Waals surface area contributed by atoms with Gasteiger partial charge in [-0.05, 0) is 52.7 Å². The monoisotopic (exact) mass is 654 g/mol. The van der Waals surface area contributed by atoms with Crippen molar-refractivity contribution in [1.82, 2.24) is 24.6 Å². The number of aryl methyl sites for hydroxylation is 1. The Morgan fingerprint density at radius 3 is 2.61 bits per heavy atom. The fraction of sp³-hybridized carbons (Fsp3) is 0.571. The highest BCUT2D eigenvalue weighted by Crippen LogP contribution is 2.49. The maximum atomic E-state index is 15.9. The van der Waals surface area contributed by atoms with Crippen LogP contribution in [0.25, 0.3) is 11.2 Å². The number of nitrogens with zero attached hydrogens (tertiary/aromatic N) is 5. The quantitative estimate of drug-likeness (QED) is 0.165. The first-order valence-corrected chi connectivity index (χ1v) is 16.5. The highest BCUT2D eigenvalue weighted by Gasteiger charge is 2.57. The third-order valence-electron chi connectivity index (χ3n) is 7.39. The van der Waals surface area contributed by atoms with E-state index < -0.39 is 62.5 Å². The number of carbonyl (C=O) groups excluding carboxylic acids is 1. The summed E-state index contributed by atoms with van der Waals surface area (Å²) < 4.78 is 54.0. The fourth-order valence-electron chi connectivity index (χ4n) is 5.17. The van der Waals surface area contributed by atoms with Gasteiger partial charge in [0.1, 0.15) is 29.3 Å². The van der Waals surface area contributed by atoms with E-state index in [0.29, 0.717) is 22.8 Å². The molecule has 0 aliphatic carbocycles. The largest absolute Gasteiger partial charge is 0.462 e. The van der Waals surface area contributed by atoms with Gasteiger partial charge in [-0.2, -0.15) is 5.09 Å². The summed E-state index contributed by atoms with van der Waals surface area (Å²) in [6.07, 6.45) is -2.14. The van der Waals surface area contributed by atoms with E-state index in [1.54, 1.807) is 51.1 Å². The van der Waals surface area contributed by atoms with E-state index in [1.807, 2.05) is 0 Å². The molecule has 2 aliphatic heterocycles. The second kappa shape index (κ2) is 13.2. The molecule has 2 fully saturated rings.